The van der Waals surface area contributed by atoms with Crippen LogP contribution in [0.4, 0.5) is 0 Å². The van der Waals surface area contributed by atoms with Crippen LogP contribution in [0, 0.1) is 0 Å². The molecule has 2 atom stereocenters. The summed E-state index contributed by atoms with van der Waals surface area (Å²) in [5.74, 6) is -3.26. The number of amides is 2. The maximum absolute atomic E-state index is 11.7. The van der Waals surface area contributed by atoms with Crippen molar-refractivity contribution in [3.8, 4) is 0 Å². The van der Waals surface area contributed by atoms with Gasteiger partial charge in [-0.25, -0.2) is 4.79 Å². The maximum Gasteiger partial charge on any atom is 0.326 e. The van der Waals surface area contributed by atoms with Gasteiger partial charge in [-0.2, -0.15) is 0 Å². The highest BCUT2D eigenvalue weighted by molar-refractivity contribution is 5.89. The molecule has 0 bridgehead atoms. The Hall–Kier alpha value is -2.16. The Kier molecular flexibility index (Phi) is 5.24. The molecule has 0 saturated carbocycles. The molecule has 19 heavy (non-hydrogen) atoms. The van der Waals surface area contributed by atoms with Gasteiger partial charge >= 0.3 is 11.9 Å². The number of aliphatic carboxylic acids is 2. The first-order valence-electron chi connectivity index (χ1n) is 5.65. The second-order valence-electron chi connectivity index (χ2n) is 4.07. The van der Waals surface area contributed by atoms with Gasteiger partial charge in [0.1, 0.15) is 12.1 Å². The van der Waals surface area contributed by atoms with Gasteiger partial charge in [-0.05, 0) is 6.42 Å². The average molecular weight is 273 g/mol. The molecule has 1 aliphatic rings. The van der Waals surface area contributed by atoms with Crippen molar-refractivity contribution in [2.75, 3.05) is 13.1 Å². The number of carboxylic acid groups (broad SMARTS) is 2. The monoisotopic (exact) mass is 273 g/mol. The van der Waals surface area contributed by atoms with Gasteiger partial charge < -0.3 is 20.8 Å². The second-order valence-corrected chi connectivity index (χ2v) is 4.07. The van der Waals surface area contributed by atoms with E-state index in [1.54, 1.807) is 0 Å². The summed E-state index contributed by atoms with van der Waals surface area (Å²) in [4.78, 5) is 43.9. The maximum atomic E-state index is 11.7. The molecule has 0 radical (unpaired) electrons. The van der Waals surface area contributed by atoms with E-state index in [1.165, 1.54) is 0 Å². The summed E-state index contributed by atoms with van der Waals surface area (Å²) in [6.45, 7) is 0.0425. The number of carboxylic acids is 2. The van der Waals surface area contributed by atoms with Crippen LogP contribution in [-0.4, -0.2) is 59.1 Å². The summed E-state index contributed by atoms with van der Waals surface area (Å²) in [6.07, 6.45) is -0.554. The molecule has 9 heteroatoms. The predicted octanol–water partition coefficient (Wildman–Crippen LogP) is -2.49. The van der Waals surface area contributed by atoms with Crippen LogP contribution in [-0.2, 0) is 19.2 Å². The topological polar surface area (TPSA) is 145 Å². The van der Waals surface area contributed by atoms with Gasteiger partial charge in [0.15, 0.2) is 0 Å². The fourth-order valence-electron chi connectivity index (χ4n) is 1.55. The molecule has 106 valence electrons. The number of hydrogen-bond acceptors (Lipinski definition) is 5. The van der Waals surface area contributed by atoms with Gasteiger partial charge in [0.2, 0.25) is 11.8 Å². The molecule has 0 aliphatic carbocycles. The van der Waals surface area contributed by atoms with E-state index in [2.05, 4.69) is 16.0 Å². The number of piperazine rings is 1. The van der Waals surface area contributed by atoms with Crippen molar-refractivity contribution in [2.24, 2.45) is 0 Å². The molecule has 1 fully saturated rings. The smallest absolute Gasteiger partial charge is 0.326 e. The normalized spacial score (nSPS) is 20.2. The first kappa shape index (κ1) is 14.9. The molecular weight excluding hydrogens is 258 g/mol. The van der Waals surface area contributed by atoms with Gasteiger partial charge in [0.05, 0.1) is 6.54 Å². The molecular formula is C10H15N3O6. The minimum Gasteiger partial charge on any atom is -0.481 e. The molecule has 0 aromatic carbocycles. The Morgan fingerprint density at radius 3 is 2.53 bits per heavy atom. The predicted molar refractivity (Wildman–Crippen MR) is 61.2 cm³/mol. The molecule has 2 unspecified atom stereocenters. The van der Waals surface area contributed by atoms with Crippen LogP contribution in [0.25, 0.3) is 0 Å². The second kappa shape index (κ2) is 6.69. The first-order valence-corrected chi connectivity index (χ1v) is 5.65. The van der Waals surface area contributed by atoms with Crippen molar-refractivity contribution in [3.05, 3.63) is 0 Å². The van der Waals surface area contributed by atoms with Crippen molar-refractivity contribution < 1.29 is 29.4 Å². The summed E-state index contributed by atoms with van der Waals surface area (Å²) < 4.78 is 0. The number of hydrogen-bond donors (Lipinski definition) is 5. The Labute approximate surface area is 108 Å². The van der Waals surface area contributed by atoms with Crippen LogP contribution in [0.1, 0.15) is 12.8 Å². The lowest BCUT2D eigenvalue weighted by atomic mass is 10.1. The third kappa shape index (κ3) is 4.92. The van der Waals surface area contributed by atoms with Crippen LogP contribution in [0.2, 0.25) is 0 Å². The third-order valence-corrected chi connectivity index (χ3v) is 2.59. The molecule has 1 aliphatic heterocycles. The van der Waals surface area contributed by atoms with Gasteiger partial charge in [0.25, 0.3) is 0 Å². The fraction of sp³-hybridized carbons (Fsp3) is 0.600. The first-order chi connectivity index (χ1) is 8.90. The summed E-state index contributed by atoms with van der Waals surface area (Å²) in [5, 5.41) is 24.7. The number of carbonyl (C=O) groups is 4. The molecule has 2 amide bonds. The van der Waals surface area contributed by atoms with E-state index in [9.17, 15) is 19.2 Å². The van der Waals surface area contributed by atoms with Gasteiger partial charge in [0, 0.05) is 13.0 Å². The van der Waals surface area contributed by atoms with E-state index in [4.69, 9.17) is 10.2 Å². The minimum absolute atomic E-state index is 0.0229. The van der Waals surface area contributed by atoms with E-state index in [-0.39, 0.29) is 31.8 Å². The quantitative estimate of drug-likeness (QED) is 0.360. The van der Waals surface area contributed by atoms with E-state index >= 15 is 0 Å². The Morgan fingerprint density at radius 2 is 2.05 bits per heavy atom. The van der Waals surface area contributed by atoms with E-state index in [0.717, 1.165) is 0 Å². The zero-order valence-electron chi connectivity index (χ0n) is 10.0. The highest BCUT2D eigenvalue weighted by Crippen LogP contribution is 1.99. The SMILES string of the molecule is O=C(O)CCC(NC(=O)C1CNC(=O)CN1)C(=O)O. The number of carbonyl (C=O) groups excluding carboxylic acids is 2. The van der Waals surface area contributed by atoms with E-state index in [1.807, 2.05) is 0 Å². The Balaban J connectivity index is 2.49. The lowest BCUT2D eigenvalue weighted by molar-refractivity contribution is -0.143. The standard InChI is InChI=1S/C10H15N3O6/c14-7-4-11-6(3-12-7)9(17)13-5(10(18)19)1-2-8(15)16/h5-6,11H,1-4H2,(H,12,14)(H,13,17)(H,15,16)(H,18,19). The van der Waals surface area contributed by atoms with Crippen molar-refractivity contribution in [1.82, 2.24) is 16.0 Å². The molecule has 0 spiro atoms. The Bertz CT molecular complexity index is 387. The fourth-order valence-corrected chi connectivity index (χ4v) is 1.55. The summed E-state index contributed by atoms with van der Waals surface area (Å²) in [7, 11) is 0. The lowest BCUT2D eigenvalue weighted by Crippen LogP contribution is -2.59. The average Bonchev–Trinajstić information content (AvgIpc) is 2.34. The molecule has 5 N–H and O–H groups in total. The van der Waals surface area contributed by atoms with Crippen LogP contribution in [0.5, 0.6) is 0 Å². The van der Waals surface area contributed by atoms with Crippen LogP contribution >= 0.6 is 0 Å². The highest BCUT2D eigenvalue weighted by Gasteiger charge is 2.28. The molecule has 0 aromatic rings. The van der Waals surface area contributed by atoms with E-state index < -0.39 is 29.9 Å². The zero-order valence-corrected chi connectivity index (χ0v) is 10.0. The zero-order chi connectivity index (χ0) is 14.4. The number of rotatable bonds is 6. The van der Waals surface area contributed by atoms with Crippen LogP contribution in [0.3, 0.4) is 0 Å². The van der Waals surface area contributed by atoms with Crippen molar-refractivity contribution in [1.29, 1.82) is 0 Å². The largest absolute Gasteiger partial charge is 0.481 e. The molecule has 1 rings (SSSR count). The van der Waals surface area contributed by atoms with E-state index in [0.29, 0.717) is 0 Å². The van der Waals surface area contributed by atoms with Crippen LogP contribution < -0.4 is 16.0 Å². The van der Waals surface area contributed by atoms with Gasteiger partial charge in [-0.3, -0.25) is 19.7 Å². The molecule has 1 saturated heterocycles. The van der Waals surface area contributed by atoms with Crippen molar-refractivity contribution >= 4 is 23.8 Å². The molecule has 9 nitrogen and oxygen atoms in total. The van der Waals surface area contributed by atoms with Gasteiger partial charge in [-0.1, -0.05) is 0 Å². The molecule has 0 aromatic heterocycles. The molecule has 1 heterocycles. The van der Waals surface area contributed by atoms with Crippen LogP contribution in [0.15, 0.2) is 0 Å². The van der Waals surface area contributed by atoms with Crippen molar-refractivity contribution in [2.45, 2.75) is 24.9 Å². The summed E-state index contributed by atoms with van der Waals surface area (Å²) in [6, 6.07) is -1.98. The number of nitrogens with one attached hydrogen (secondary N) is 3. The summed E-state index contributed by atoms with van der Waals surface area (Å²) >= 11 is 0. The van der Waals surface area contributed by atoms with Gasteiger partial charge in [-0.15, -0.1) is 0 Å². The Morgan fingerprint density at radius 1 is 1.37 bits per heavy atom. The third-order valence-electron chi connectivity index (χ3n) is 2.59. The minimum atomic E-state index is -1.30. The highest BCUT2D eigenvalue weighted by atomic mass is 16.4. The lowest BCUT2D eigenvalue weighted by Gasteiger charge is -2.24. The summed E-state index contributed by atoms with van der Waals surface area (Å²) in [5.41, 5.74) is 0. The van der Waals surface area contributed by atoms with Crippen molar-refractivity contribution in [3.63, 3.8) is 0 Å².